The van der Waals surface area contributed by atoms with Crippen LogP contribution >= 0.6 is 0 Å². The second kappa shape index (κ2) is 15.6. The van der Waals surface area contributed by atoms with Crippen LogP contribution in [0.4, 0.5) is 5.69 Å². The van der Waals surface area contributed by atoms with Crippen molar-refractivity contribution < 1.29 is 28.8 Å². The molecule has 0 saturated carbocycles. The summed E-state index contributed by atoms with van der Waals surface area (Å²) in [6, 6.07) is 7.23. The molecule has 1 aromatic carbocycles. The molecule has 0 amide bonds. The molecule has 7 nitrogen and oxygen atoms in total. The van der Waals surface area contributed by atoms with Crippen molar-refractivity contribution in [3.63, 3.8) is 0 Å². The van der Waals surface area contributed by atoms with Crippen LogP contribution in [0.25, 0.3) is 0 Å². The fourth-order valence-electron chi connectivity index (χ4n) is 1.89. The fourth-order valence-corrected chi connectivity index (χ4v) is 1.89. The van der Waals surface area contributed by atoms with Gasteiger partial charge in [0.2, 0.25) is 0 Å². The monoisotopic (exact) mass is 367 g/mol. The molecule has 0 bridgehead atoms. The SMILES string of the molecule is C#Cc1ccc(NC(O)COCCOCCOCCOCCOC)cc1. The molecule has 7 heteroatoms. The number of aliphatic hydroxyl groups is 1. The van der Waals surface area contributed by atoms with Gasteiger partial charge in [0.25, 0.3) is 0 Å². The smallest absolute Gasteiger partial charge is 0.148 e. The van der Waals surface area contributed by atoms with Crippen molar-refractivity contribution in [2.45, 2.75) is 6.23 Å². The van der Waals surface area contributed by atoms with Gasteiger partial charge in [-0.1, -0.05) is 5.92 Å². The highest BCUT2D eigenvalue weighted by Crippen LogP contribution is 2.09. The number of aliphatic hydroxyl groups excluding tert-OH is 1. The Morgan fingerprint density at radius 2 is 1.38 bits per heavy atom. The molecule has 0 saturated heterocycles. The van der Waals surface area contributed by atoms with Gasteiger partial charge in [-0.15, -0.1) is 6.42 Å². The maximum absolute atomic E-state index is 9.85. The summed E-state index contributed by atoms with van der Waals surface area (Å²) in [5, 5.41) is 12.8. The second-order valence-electron chi connectivity index (χ2n) is 5.29. The average Bonchev–Trinajstić information content (AvgIpc) is 2.66. The second-order valence-corrected chi connectivity index (χ2v) is 5.29. The van der Waals surface area contributed by atoms with Crippen LogP contribution in [0.1, 0.15) is 5.56 Å². The maximum Gasteiger partial charge on any atom is 0.148 e. The lowest BCUT2D eigenvalue weighted by Crippen LogP contribution is -2.25. The van der Waals surface area contributed by atoms with Gasteiger partial charge >= 0.3 is 0 Å². The van der Waals surface area contributed by atoms with Gasteiger partial charge in [-0.3, -0.25) is 0 Å². The Balaban J connectivity index is 1.88. The van der Waals surface area contributed by atoms with Crippen LogP contribution in [0.5, 0.6) is 0 Å². The molecule has 0 aliphatic rings. The third-order valence-electron chi connectivity index (χ3n) is 3.21. The van der Waals surface area contributed by atoms with E-state index >= 15 is 0 Å². The molecule has 1 atom stereocenters. The zero-order chi connectivity index (χ0) is 18.9. The number of terminal acetylenes is 1. The molecule has 0 heterocycles. The largest absolute Gasteiger partial charge is 0.382 e. The summed E-state index contributed by atoms with van der Waals surface area (Å²) in [5.74, 6) is 2.54. The van der Waals surface area contributed by atoms with Crippen molar-refractivity contribution in [2.75, 3.05) is 71.9 Å². The molecular formula is C19H29NO6. The minimum Gasteiger partial charge on any atom is -0.382 e. The normalized spacial score (nSPS) is 11.9. The van der Waals surface area contributed by atoms with Crippen LogP contribution in [-0.4, -0.2) is 77.9 Å². The zero-order valence-corrected chi connectivity index (χ0v) is 15.3. The molecule has 0 aliphatic heterocycles. The predicted molar refractivity (Wildman–Crippen MR) is 99.2 cm³/mol. The number of benzene rings is 1. The molecule has 146 valence electrons. The van der Waals surface area contributed by atoms with E-state index in [1.165, 1.54) is 0 Å². The highest BCUT2D eigenvalue weighted by atomic mass is 16.6. The van der Waals surface area contributed by atoms with Gasteiger partial charge in [-0.25, -0.2) is 0 Å². The minimum atomic E-state index is -0.798. The van der Waals surface area contributed by atoms with Crippen molar-refractivity contribution in [1.29, 1.82) is 0 Å². The van der Waals surface area contributed by atoms with E-state index in [1.54, 1.807) is 19.2 Å². The van der Waals surface area contributed by atoms with Crippen LogP contribution in [-0.2, 0) is 23.7 Å². The highest BCUT2D eigenvalue weighted by molar-refractivity contribution is 5.48. The molecule has 0 aliphatic carbocycles. The van der Waals surface area contributed by atoms with Crippen LogP contribution in [0.3, 0.4) is 0 Å². The van der Waals surface area contributed by atoms with Gasteiger partial charge in [-0.05, 0) is 24.3 Å². The lowest BCUT2D eigenvalue weighted by Gasteiger charge is -2.14. The van der Waals surface area contributed by atoms with Crippen molar-refractivity contribution in [1.82, 2.24) is 0 Å². The van der Waals surface area contributed by atoms with Crippen molar-refractivity contribution >= 4 is 5.69 Å². The van der Waals surface area contributed by atoms with Gasteiger partial charge < -0.3 is 34.1 Å². The molecule has 1 rings (SSSR count). The first-order chi connectivity index (χ1) is 12.8. The summed E-state index contributed by atoms with van der Waals surface area (Å²) >= 11 is 0. The van der Waals surface area contributed by atoms with E-state index in [0.717, 1.165) is 11.3 Å². The number of rotatable bonds is 16. The molecule has 0 fully saturated rings. The van der Waals surface area contributed by atoms with E-state index < -0.39 is 6.23 Å². The maximum atomic E-state index is 9.85. The van der Waals surface area contributed by atoms with Gasteiger partial charge in [0, 0.05) is 18.4 Å². The average molecular weight is 367 g/mol. The number of methoxy groups -OCH3 is 1. The Morgan fingerprint density at radius 1 is 0.885 bits per heavy atom. The molecular weight excluding hydrogens is 338 g/mol. The summed E-state index contributed by atoms with van der Waals surface area (Å²) in [6.07, 6.45) is 4.50. The molecule has 0 aromatic heterocycles. The molecule has 1 unspecified atom stereocenters. The van der Waals surface area contributed by atoms with Crippen molar-refractivity contribution in [2.24, 2.45) is 0 Å². The number of hydrogen-bond acceptors (Lipinski definition) is 7. The molecule has 26 heavy (non-hydrogen) atoms. The van der Waals surface area contributed by atoms with Crippen molar-refractivity contribution in [3.05, 3.63) is 29.8 Å². The lowest BCUT2D eigenvalue weighted by atomic mass is 10.2. The Hall–Kier alpha value is -1.66. The van der Waals surface area contributed by atoms with Crippen molar-refractivity contribution in [3.8, 4) is 12.3 Å². The Labute approximate surface area is 155 Å². The summed E-state index contributed by atoms with van der Waals surface area (Å²) in [4.78, 5) is 0. The summed E-state index contributed by atoms with van der Waals surface area (Å²) < 4.78 is 26.2. The number of nitrogens with one attached hydrogen (secondary N) is 1. The summed E-state index contributed by atoms with van der Waals surface area (Å²) in [6.45, 7) is 4.24. The first-order valence-corrected chi connectivity index (χ1v) is 8.57. The van der Waals surface area contributed by atoms with Crippen LogP contribution in [0.2, 0.25) is 0 Å². The van der Waals surface area contributed by atoms with Gasteiger partial charge in [-0.2, -0.15) is 0 Å². The quantitative estimate of drug-likeness (QED) is 0.257. The van der Waals surface area contributed by atoms with Gasteiger partial charge in [0.1, 0.15) is 6.23 Å². The predicted octanol–water partition coefficient (Wildman–Crippen LogP) is 1.11. The van der Waals surface area contributed by atoms with Gasteiger partial charge in [0.15, 0.2) is 0 Å². The molecule has 2 N–H and O–H groups in total. The van der Waals surface area contributed by atoms with E-state index in [2.05, 4.69) is 11.2 Å². The van der Waals surface area contributed by atoms with Crippen LogP contribution in [0.15, 0.2) is 24.3 Å². The summed E-state index contributed by atoms with van der Waals surface area (Å²) in [5.41, 5.74) is 1.57. The minimum absolute atomic E-state index is 0.162. The number of hydrogen-bond donors (Lipinski definition) is 2. The first kappa shape index (κ1) is 22.4. The molecule has 1 aromatic rings. The molecule has 0 radical (unpaired) electrons. The van der Waals surface area contributed by atoms with Gasteiger partial charge in [0.05, 0.1) is 59.5 Å². The van der Waals surface area contributed by atoms with E-state index in [9.17, 15) is 5.11 Å². The highest BCUT2D eigenvalue weighted by Gasteiger charge is 2.03. The standard InChI is InChI=1S/C19H29NO6/c1-3-17-4-6-18(7-5-17)20-19(21)16-26-15-14-25-13-12-24-11-10-23-9-8-22-2/h1,4-7,19-21H,8-16H2,2H3. The topological polar surface area (TPSA) is 78.4 Å². The Kier molecular flexibility index (Phi) is 13.4. The van der Waals surface area contributed by atoms with Crippen LogP contribution in [0, 0.1) is 12.3 Å². The van der Waals surface area contributed by atoms with E-state index in [-0.39, 0.29) is 6.61 Å². The molecule has 0 spiro atoms. The lowest BCUT2D eigenvalue weighted by molar-refractivity contribution is -0.0163. The first-order valence-electron chi connectivity index (χ1n) is 8.57. The van der Waals surface area contributed by atoms with Crippen LogP contribution < -0.4 is 5.32 Å². The number of anilines is 1. The van der Waals surface area contributed by atoms with E-state index in [4.69, 9.17) is 30.1 Å². The summed E-state index contributed by atoms with van der Waals surface area (Å²) in [7, 11) is 1.64. The number of ether oxygens (including phenoxy) is 5. The third-order valence-corrected chi connectivity index (χ3v) is 3.21. The Bertz CT molecular complexity index is 488. The third kappa shape index (κ3) is 11.8. The fraction of sp³-hybridized carbons (Fsp3) is 0.579. The van der Waals surface area contributed by atoms with E-state index in [0.29, 0.717) is 52.9 Å². The Morgan fingerprint density at radius 3 is 1.88 bits per heavy atom. The zero-order valence-electron chi connectivity index (χ0n) is 15.3. The van der Waals surface area contributed by atoms with E-state index in [1.807, 2.05) is 12.1 Å².